The molecule has 0 bridgehead atoms. The van der Waals surface area contributed by atoms with E-state index in [4.69, 9.17) is 10.8 Å². The third kappa shape index (κ3) is 1.82. The standard InChI is InChI=1S/C9H16N4O/c1-13-5-8(10)9(12-13)11-4-6-2-7(14)3-6/h5-7,14H,2-4,10H2,1H3,(H,11,12). The van der Waals surface area contributed by atoms with Gasteiger partial charge in [-0.15, -0.1) is 0 Å². The molecular weight excluding hydrogens is 180 g/mol. The molecule has 0 saturated heterocycles. The normalized spacial score (nSPS) is 25.9. The number of aryl methyl sites for hydroxylation is 1. The summed E-state index contributed by atoms with van der Waals surface area (Å²) in [5.41, 5.74) is 6.39. The number of nitrogens with two attached hydrogens (primary N) is 1. The van der Waals surface area contributed by atoms with Crippen LogP contribution in [0.5, 0.6) is 0 Å². The first-order valence-electron chi connectivity index (χ1n) is 4.86. The van der Waals surface area contributed by atoms with Gasteiger partial charge < -0.3 is 16.2 Å². The number of aliphatic hydroxyl groups is 1. The van der Waals surface area contributed by atoms with Crippen LogP contribution < -0.4 is 11.1 Å². The third-order valence-corrected chi connectivity index (χ3v) is 2.63. The second kappa shape index (κ2) is 3.49. The molecule has 0 spiro atoms. The number of hydrogen-bond acceptors (Lipinski definition) is 4. The fourth-order valence-corrected chi connectivity index (χ4v) is 1.75. The number of hydrogen-bond donors (Lipinski definition) is 3. The van der Waals surface area contributed by atoms with Gasteiger partial charge >= 0.3 is 0 Å². The van der Waals surface area contributed by atoms with Crippen molar-refractivity contribution in [3.8, 4) is 0 Å². The van der Waals surface area contributed by atoms with Crippen molar-refractivity contribution in [2.75, 3.05) is 17.6 Å². The van der Waals surface area contributed by atoms with Crippen LogP contribution in [-0.2, 0) is 7.05 Å². The van der Waals surface area contributed by atoms with E-state index in [-0.39, 0.29) is 6.10 Å². The van der Waals surface area contributed by atoms with Gasteiger partial charge in [0.1, 0.15) is 0 Å². The van der Waals surface area contributed by atoms with Gasteiger partial charge in [0.15, 0.2) is 5.82 Å². The highest BCUT2D eigenvalue weighted by Gasteiger charge is 2.26. The van der Waals surface area contributed by atoms with Crippen molar-refractivity contribution in [3.05, 3.63) is 6.20 Å². The lowest BCUT2D eigenvalue weighted by Gasteiger charge is -2.31. The molecule has 2 rings (SSSR count). The van der Waals surface area contributed by atoms with Gasteiger partial charge in [0.2, 0.25) is 0 Å². The maximum atomic E-state index is 9.10. The Balaban J connectivity index is 1.83. The van der Waals surface area contributed by atoms with Crippen LogP contribution in [0.25, 0.3) is 0 Å². The number of anilines is 2. The number of aliphatic hydroxyl groups excluding tert-OH is 1. The zero-order valence-electron chi connectivity index (χ0n) is 8.27. The Labute approximate surface area is 82.9 Å². The molecule has 0 aliphatic heterocycles. The molecule has 78 valence electrons. The lowest BCUT2D eigenvalue weighted by molar-refractivity contribution is 0.0486. The van der Waals surface area contributed by atoms with E-state index in [0.717, 1.165) is 25.2 Å². The molecule has 0 amide bonds. The quantitative estimate of drug-likeness (QED) is 0.645. The zero-order valence-corrected chi connectivity index (χ0v) is 8.27. The monoisotopic (exact) mass is 196 g/mol. The first-order chi connectivity index (χ1) is 6.65. The van der Waals surface area contributed by atoms with E-state index in [9.17, 15) is 0 Å². The Morgan fingerprint density at radius 3 is 2.93 bits per heavy atom. The summed E-state index contributed by atoms with van der Waals surface area (Å²) >= 11 is 0. The number of nitrogens with zero attached hydrogens (tertiary/aromatic N) is 2. The number of aromatic nitrogens is 2. The Morgan fingerprint density at radius 1 is 1.71 bits per heavy atom. The third-order valence-electron chi connectivity index (χ3n) is 2.63. The van der Waals surface area contributed by atoms with Crippen LogP contribution in [-0.4, -0.2) is 27.5 Å². The van der Waals surface area contributed by atoms with Crippen LogP contribution >= 0.6 is 0 Å². The predicted molar refractivity (Wildman–Crippen MR) is 54.8 cm³/mol. The van der Waals surface area contributed by atoms with Crippen molar-refractivity contribution < 1.29 is 5.11 Å². The highest BCUT2D eigenvalue weighted by atomic mass is 16.3. The molecule has 1 heterocycles. The molecule has 0 radical (unpaired) electrons. The molecule has 5 nitrogen and oxygen atoms in total. The highest BCUT2D eigenvalue weighted by Crippen LogP contribution is 2.27. The molecule has 4 N–H and O–H groups in total. The van der Waals surface area contributed by atoms with E-state index in [1.807, 2.05) is 7.05 Å². The molecular formula is C9H16N4O. The van der Waals surface area contributed by atoms with Gasteiger partial charge in [-0.2, -0.15) is 5.10 Å². The minimum atomic E-state index is -0.0946. The molecule has 14 heavy (non-hydrogen) atoms. The molecule has 0 atom stereocenters. The Bertz CT molecular complexity index is 317. The van der Waals surface area contributed by atoms with Gasteiger partial charge in [0, 0.05) is 19.8 Å². The number of nitrogen functional groups attached to an aromatic ring is 1. The maximum absolute atomic E-state index is 9.10. The zero-order chi connectivity index (χ0) is 10.1. The minimum Gasteiger partial charge on any atom is -0.394 e. The molecule has 5 heteroatoms. The molecule has 1 aliphatic carbocycles. The van der Waals surface area contributed by atoms with Gasteiger partial charge in [-0.1, -0.05) is 0 Å². The Hall–Kier alpha value is -1.23. The summed E-state index contributed by atoms with van der Waals surface area (Å²) in [6, 6.07) is 0. The maximum Gasteiger partial charge on any atom is 0.171 e. The predicted octanol–water partition coefficient (Wildman–Crippen LogP) is 0.185. The Kier molecular flexibility index (Phi) is 2.33. The van der Waals surface area contributed by atoms with Gasteiger partial charge in [-0.3, -0.25) is 4.68 Å². The van der Waals surface area contributed by atoms with Crippen LogP contribution in [0.2, 0.25) is 0 Å². The van der Waals surface area contributed by atoms with Crippen LogP contribution in [0.4, 0.5) is 11.5 Å². The molecule has 0 unspecified atom stereocenters. The van der Waals surface area contributed by atoms with Crippen LogP contribution in [0.3, 0.4) is 0 Å². The summed E-state index contributed by atoms with van der Waals surface area (Å²) in [6.45, 7) is 0.846. The summed E-state index contributed by atoms with van der Waals surface area (Å²) in [5.74, 6) is 1.31. The van der Waals surface area contributed by atoms with Crippen molar-refractivity contribution in [3.63, 3.8) is 0 Å². The van der Waals surface area contributed by atoms with Crippen molar-refractivity contribution in [1.29, 1.82) is 0 Å². The van der Waals surface area contributed by atoms with Crippen molar-refractivity contribution >= 4 is 11.5 Å². The molecule has 1 fully saturated rings. The van der Waals surface area contributed by atoms with E-state index in [0.29, 0.717) is 11.6 Å². The fraction of sp³-hybridized carbons (Fsp3) is 0.667. The minimum absolute atomic E-state index is 0.0946. The largest absolute Gasteiger partial charge is 0.394 e. The van der Waals surface area contributed by atoms with E-state index >= 15 is 0 Å². The molecule has 1 saturated carbocycles. The average Bonchev–Trinajstić information content (AvgIpc) is 2.37. The van der Waals surface area contributed by atoms with Gasteiger partial charge in [-0.25, -0.2) is 0 Å². The number of nitrogens with one attached hydrogen (secondary N) is 1. The summed E-state index contributed by atoms with van der Waals surface area (Å²) < 4.78 is 1.69. The molecule has 1 aliphatic rings. The molecule has 0 aromatic carbocycles. The first kappa shape index (κ1) is 9.33. The van der Waals surface area contributed by atoms with Crippen LogP contribution in [0, 0.1) is 5.92 Å². The number of rotatable bonds is 3. The molecule has 1 aromatic rings. The van der Waals surface area contributed by atoms with E-state index in [2.05, 4.69) is 10.4 Å². The van der Waals surface area contributed by atoms with Gasteiger partial charge in [0.05, 0.1) is 11.8 Å². The van der Waals surface area contributed by atoms with E-state index < -0.39 is 0 Å². The lowest BCUT2D eigenvalue weighted by atomic mass is 9.82. The SMILES string of the molecule is Cn1cc(N)c(NCC2CC(O)C2)n1. The van der Waals surface area contributed by atoms with Gasteiger partial charge in [-0.05, 0) is 18.8 Å². The van der Waals surface area contributed by atoms with E-state index in [1.54, 1.807) is 10.9 Å². The second-order valence-corrected chi connectivity index (χ2v) is 3.98. The van der Waals surface area contributed by atoms with Crippen molar-refractivity contribution in [2.24, 2.45) is 13.0 Å². The average molecular weight is 196 g/mol. The molecule has 1 aromatic heterocycles. The fourth-order valence-electron chi connectivity index (χ4n) is 1.75. The van der Waals surface area contributed by atoms with Crippen molar-refractivity contribution in [1.82, 2.24) is 9.78 Å². The first-order valence-corrected chi connectivity index (χ1v) is 4.86. The van der Waals surface area contributed by atoms with E-state index in [1.165, 1.54) is 0 Å². The summed E-state index contributed by atoms with van der Waals surface area (Å²) in [5, 5.41) is 16.5. The summed E-state index contributed by atoms with van der Waals surface area (Å²) in [7, 11) is 1.84. The van der Waals surface area contributed by atoms with Crippen LogP contribution in [0.1, 0.15) is 12.8 Å². The van der Waals surface area contributed by atoms with Crippen molar-refractivity contribution in [2.45, 2.75) is 18.9 Å². The van der Waals surface area contributed by atoms with Gasteiger partial charge in [0.25, 0.3) is 0 Å². The Morgan fingerprint density at radius 2 is 2.43 bits per heavy atom. The second-order valence-electron chi connectivity index (χ2n) is 3.98. The highest BCUT2D eigenvalue weighted by molar-refractivity contribution is 5.59. The summed E-state index contributed by atoms with van der Waals surface area (Å²) in [6.07, 6.45) is 3.46. The summed E-state index contributed by atoms with van der Waals surface area (Å²) in [4.78, 5) is 0. The van der Waals surface area contributed by atoms with Crippen LogP contribution in [0.15, 0.2) is 6.20 Å². The lowest BCUT2D eigenvalue weighted by Crippen LogP contribution is -2.33. The topological polar surface area (TPSA) is 76.1 Å². The smallest absolute Gasteiger partial charge is 0.171 e.